The summed E-state index contributed by atoms with van der Waals surface area (Å²) in [6, 6.07) is 3.73. The highest BCUT2D eigenvalue weighted by Gasteiger charge is 2.40. The molecule has 0 radical (unpaired) electrons. The zero-order chi connectivity index (χ0) is 25.0. The molecule has 3 aromatic heterocycles. The van der Waals surface area contributed by atoms with Gasteiger partial charge in [-0.05, 0) is 49.3 Å². The number of piperidine rings is 1. The highest BCUT2D eigenvalue weighted by atomic mass is 19.1. The van der Waals surface area contributed by atoms with Crippen LogP contribution in [-0.4, -0.2) is 73.7 Å². The monoisotopic (exact) mass is 481 g/mol. The average molecular weight is 482 g/mol. The third-order valence-electron chi connectivity index (χ3n) is 6.82. The van der Waals surface area contributed by atoms with Crippen LogP contribution >= 0.6 is 0 Å². The minimum Gasteiger partial charge on any atom is -0.390 e. The maximum atomic E-state index is 14.7. The number of hydrogen-bond donors (Lipinski definition) is 3. The van der Waals surface area contributed by atoms with Crippen molar-refractivity contribution < 1.29 is 14.6 Å². The van der Waals surface area contributed by atoms with E-state index in [0.29, 0.717) is 43.6 Å². The van der Waals surface area contributed by atoms with Crippen molar-refractivity contribution in [1.29, 1.82) is 0 Å². The summed E-state index contributed by atoms with van der Waals surface area (Å²) in [7, 11) is 0. The minimum atomic E-state index is -1.71. The van der Waals surface area contributed by atoms with E-state index >= 15 is 0 Å². The summed E-state index contributed by atoms with van der Waals surface area (Å²) in [6.45, 7) is 9.06. The Morgan fingerprint density at radius 3 is 2.51 bits per heavy atom. The Bertz CT molecular complexity index is 1240. The summed E-state index contributed by atoms with van der Waals surface area (Å²) < 4.78 is 14.7. The first-order valence-corrected chi connectivity index (χ1v) is 12.0. The van der Waals surface area contributed by atoms with Crippen LogP contribution in [0.15, 0.2) is 30.7 Å². The van der Waals surface area contributed by atoms with E-state index in [1.165, 1.54) is 6.92 Å². The lowest BCUT2D eigenvalue weighted by molar-refractivity contribution is -0.00860. The fourth-order valence-corrected chi connectivity index (χ4v) is 4.86. The van der Waals surface area contributed by atoms with E-state index in [1.807, 2.05) is 25.4 Å². The number of fused-ring (bicyclic) bond motifs is 1. The number of rotatable bonds is 5. The molecule has 9 nitrogen and oxygen atoms in total. The molecule has 186 valence electrons. The summed E-state index contributed by atoms with van der Waals surface area (Å²) in [5.41, 5.74) is -1.30. The van der Waals surface area contributed by atoms with Gasteiger partial charge in [0.05, 0.1) is 18.2 Å². The molecule has 0 bridgehead atoms. The zero-order valence-electron chi connectivity index (χ0n) is 20.5. The van der Waals surface area contributed by atoms with Crippen LogP contribution in [-0.2, 0) is 0 Å². The highest BCUT2D eigenvalue weighted by molar-refractivity contribution is 5.96. The first-order valence-electron chi connectivity index (χ1n) is 12.0. The summed E-state index contributed by atoms with van der Waals surface area (Å²) in [6.07, 6.45) is 4.67. The Hall–Kier alpha value is -3.11. The summed E-state index contributed by atoms with van der Waals surface area (Å²) >= 11 is 0. The lowest BCUT2D eigenvalue weighted by Crippen LogP contribution is -2.60. The van der Waals surface area contributed by atoms with Gasteiger partial charge in [0.1, 0.15) is 17.5 Å². The first-order chi connectivity index (χ1) is 16.5. The predicted octanol–water partition coefficient (Wildman–Crippen LogP) is 3.16. The molecular weight excluding hydrogens is 449 g/mol. The molecule has 5 heterocycles. The van der Waals surface area contributed by atoms with Crippen molar-refractivity contribution in [3.8, 4) is 0 Å². The van der Waals surface area contributed by atoms with E-state index in [9.17, 15) is 14.6 Å². The number of anilines is 4. The number of hydrogen-bond acceptors (Lipinski definition) is 9. The van der Waals surface area contributed by atoms with Crippen LogP contribution in [0.1, 0.15) is 45.6 Å². The molecular formula is C25H32FN7O2. The van der Waals surface area contributed by atoms with Gasteiger partial charge >= 0.3 is 0 Å². The van der Waals surface area contributed by atoms with Crippen molar-refractivity contribution in [2.24, 2.45) is 0 Å². The molecule has 0 aromatic carbocycles. The third-order valence-corrected chi connectivity index (χ3v) is 6.82. The first kappa shape index (κ1) is 23.6. The second kappa shape index (κ2) is 8.53. The molecule has 10 heteroatoms. The third kappa shape index (κ3) is 4.60. The maximum absolute atomic E-state index is 14.7. The molecule has 2 fully saturated rings. The molecule has 2 saturated heterocycles. The van der Waals surface area contributed by atoms with Crippen molar-refractivity contribution >= 4 is 34.2 Å². The fraction of sp³-hybridized carbons (Fsp3) is 0.520. The fourth-order valence-electron chi connectivity index (χ4n) is 4.86. The van der Waals surface area contributed by atoms with E-state index in [2.05, 4.69) is 44.0 Å². The van der Waals surface area contributed by atoms with Gasteiger partial charge in [0.15, 0.2) is 5.67 Å². The van der Waals surface area contributed by atoms with E-state index in [1.54, 1.807) is 17.2 Å². The van der Waals surface area contributed by atoms with Gasteiger partial charge in [-0.1, -0.05) is 13.8 Å². The second-order valence-corrected chi connectivity index (χ2v) is 10.5. The van der Waals surface area contributed by atoms with Crippen molar-refractivity contribution in [3.63, 3.8) is 0 Å². The Balaban J connectivity index is 1.43. The predicted molar refractivity (Wildman–Crippen MR) is 134 cm³/mol. The SMILES string of the molecule is CC(C)c1cnc(N2CC(C)(O)C2)c2cnc(Nc3ccnc(N4CC[C@@H](O)[C@@](C)(F)C4)n3)cc12. The smallest absolute Gasteiger partial charge is 0.227 e. The standard InChI is InChI=1S/C25H32FN7O2/c1-15(2)17-10-29-22(33-12-24(3,35)13-33)18-11-28-21(9-16(17)18)30-20-5-7-27-23(31-20)32-8-6-19(34)25(4,26)14-32/h5,7,9-11,15,19,34-35H,6,8,12-14H2,1-4H3,(H,27,28,30,31)/t19-,25+/m1/s1. The molecule has 35 heavy (non-hydrogen) atoms. The molecule has 2 aliphatic rings. The molecule has 5 rings (SSSR count). The van der Waals surface area contributed by atoms with Crippen molar-refractivity contribution in [3.05, 3.63) is 36.3 Å². The number of alkyl halides is 1. The van der Waals surface area contributed by atoms with Crippen molar-refractivity contribution in [2.45, 2.75) is 57.4 Å². The summed E-state index contributed by atoms with van der Waals surface area (Å²) in [5.74, 6) is 2.67. The Kier molecular flexibility index (Phi) is 5.76. The number of aliphatic hydroxyl groups is 2. The molecule has 2 aliphatic heterocycles. The highest BCUT2D eigenvalue weighted by Crippen LogP contribution is 2.36. The Labute approximate surface area is 204 Å². The van der Waals surface area contributed by atoms with Crippen LogP contribution in [0.25, 0.3) is 10.8 Å². The summed E-state index contributed by atoms with van der Waals surface area (Å²) in [4.78, 5) is 22.0. The van der Waals surface area contributed by atoms with Crippen LogP contribution in [0.5, 0.6) is 0 Å². The van der Waals surface area contributed by atoms with Crippen LogP contribution in [0.4, 0.5) is 27.8 Å². The van der Waals surface area contributed by atoms with Crippen LogP contribution in [0.2, 0.25) is 0 Å². The van der Waals surface area contributed by atoms with E-state index in [4.69, 9.17) is 0 Å². The molecule has 2 atom stereocenters. The molecule has 0 unspecified atom stereocenters. The van der Waals surface area contributed by atoms with Crippen LogP contribution in [0.3, 0.4) is 0 Å². The Morgan fingerprint density at radius 1 is 1.06 bits per heavy atom. The minimum absolute atomic E-state index is 0.0305. The normalized spacial score (nSPS) is 24.1. The van der Waals surface area contributed by atoms with E-state index < -0.39 is 17.4 Å². The van der Waals surface area contributed by atoms with Crippen molar-refractivity contribution in [2.75, 3.05) is 41.3 Å². The lowest BCUT2D eigenvalue weighted by Gasteiger charge is -2.45. The molecule has 0 aliphatic carbocycles. The zero-order valence-corrected chi connectivity index (χ0v) is 20.5. The van der Waals surface area contributed by atoms with Gasteiger partial charge in [-0.15, -0.1) is 0 Å². The van der Waals surface area contributed by atoms with Crippen LogP contribution < -0.4 is 15.1 Å². The molecule has 0 spiro atoms. The van der Waals surface area contributed by atoms with Gasteiger partial charge in [0.25, 0.3) is 0 Å². The van der Waals surface area contributed by atoms with Crippen LogP contribution in [0, 0.1) is 0 Å². The maximum Gasteiger partial charge on any atom is 0.227 e. The number of aliphatic hydroxyl groups excluding tert-OH is 1. The second-order valence-electron chi connectivity index (χ2n) is 10.5. The van der Waals surface area contributed by atoms with Gasteiger partial charge in [-0.25, -0.2) is 19.3 Å². The topological polar surface area (TPSA) is 111 Å². The number of pyridine rings is 2. The number of nitrogens with zero attached hydrogens (tertiary/aromatic N) is 6. The quantitative estimate of drug-likeness (QED) is 0.506. The molecule has 3 aromatic rings. The van der Waals surface area contributed by atoms with Gasteiger partial charge in [0, 0.05) is 43.6 Å². The van der Waals surface area contributed by atoms with Gasteiger partial charge in [0.2, 0.25) is 5.95 Å². The van der Waals surface area contributed by atoms with Gasteiger partial charge < -0.3 is 25.3 Å². The number of nitrogens with one attached hydrogen (secondary N) is 1. The molecule has 3 N–H and O–H groups in total. The number of β-amino-alcohol motifs (C(OH)–C–C–N with tert-alkyl or cyclic N) is 1. The van der Waals surface area contributed by atoms with Gasteiger partial charge in [-0.2, -0.15) is 4.98 Å². The number of aromatic nitrogens is 4. The van der Waals surface area contributed by atoms with Crippen molar-refractivity contribution in [1.82, 2.24) is 19.9 Å². The number of halogens is 1. The lowest BCUT2D eigenvalue weighted by atomic mass is 9.94. The van der Waals surface area contributed by atoms with E-state index in [-0.39, 0.29) is 12.5 Å². The van der Waals surface area contributed by atoms with E-state index in [0.717, 1.165) is 22.2 Å². The van der Waals surface area contributed by atoms with Gasteiger partial charge in [-0.3, -0.25) is 0 Å². The Morgan fingerprint density at radius 2 is 1.83 bits per heavy atom. The molecule has 0 saturated carbocycles. The summed E-state index contributed by atoms with van der Waals surface area (Å²) in [5, 5.41) is 25.3. The average Bonchev–Trinajstić information content (AvgIpc) is 2.78. The largest absolute Gasteiger partial charge is 0.390 e. The molecule has 0 amide bonds.